The first-order valence-electron chi connectivity index (χ1n) is 8.25. The minimum Gasteiger partial charge on any atom is -0.352 e. The van der Waals surface area contributed by atoms with Gasteiger partial charge >= 0.3 is 0 Å². The molecule has 0 fully saturated rings. The highest BCUT2D eigenvalue weighted by atomic mass is 16.2. The van der Waals surface area contributed by atoms with Gasteiger partial charge in [0.2, 0.25) is 5.91 Å². The summed E-state index contributed by atoms with van der Waals surface area (Å²) in [6.07, 6.45) is 0.0935. The third kappa shape index (κ3) is 3.60. The lowest BCUT2D eigenvalue weighted by molar-refractivity contribution is -0.121. The number of fused-ring (bicyclic) bond motifs is 1. The van der Waals surface area contributed by atoms with E-state index in [0.29, 0.717) is 17.7 Å². The topological polar surface area (TPSA) is 66.5 Å². The molecule has 1 N–H and O–H groups in total. The van der Waals surface area contributed by atoms with E-state index in [1.165, 1.54) is 0 Å². The van der Waals surface area contributed by atoms with Crippen molar-refractivity contribution in [1.29, 1.82) is 0 Å². The van der Waals surface area contributed by atoms with Crippen molar-refractivity contribution in [2.45, 2.75) is 26.8 Å². The zero-order valence-electron chi connectivity index (χ0n) is 14.3. The van der Waals surface area contributed by atoms with E-state index < -0.39 is 0 Å². The molecule has 3 rings (SSSR count). The average Bonchev–Trinajstić information content (AvgIpc) is 2.82. The van der Waals surface area contributed by atoms with E-state index in [9.17, 15) is 14.4 Å². The van der Waals surface area contributed by atoms with Crippen molar-refractivity contribution < 1.29 is 14.4 Å². The third-order valence-electron chi connectivity index (χ3n) is 4.26. The zero-order chi connectivity index (χ0) is 18.0. The maximum atomic E-state index is 12.4. The van der Waals surface area contributed by atoms with Gasteiger partial charge in [-0.25, -0.2) is 0 Å². The smallest absolute Gasteiger partial charge is 0.261 e. The van der Waals surface area contributed by atoms with Crippen molar-refractivity contribution in [2.75, 3.05) is 6.54 Å². The summed E-state index contributed by atoms with van der Waals surface area (Å²) in [5.41, 5.74) is 3.91. The molecule has 0 radical (unpaired) electrons. The molecule has 3 amide bonds. The van der Waals surface area contributed by atoms with Gasteiger partial charge in [0.25, 0.3) is 11.8 Å². The second-order valence-corrected chi connectivity index (χ2v) is 6.33. The molecule has 1 aliphatic rings. The van der Waals surface area contributed by atoms with Gasteiger partial charge < -0.3 is 5.32 Å². The number of imide groups is 1. The van der Waals surface area contributed by atoms with Crippen LogP contribution < -0.4 is 5.32 Å². The predicted molar refractivity (Wildman–Crippen MR) is 94.2 cm³/mol. The highest BCUT2D eigenvalue weighted by Gasteiger charge is 2.35. The lowest BCUT2D eigenvalue weighted by Gasteiger charge is -2.13. The van der Waals surface area contributed by atoms with Crippen LogP contribution in [0.3, 0.4) is 0 Å². The first kappa shape index (κ1) is 16.9. The number of benzene rings is 2. The van der Waals surface area contributed by atoms with Crippen LogP contribution in [0.4, 0.5) is 0 Å². The zero-order valence-corrected chi connectivity index (χ0v) is 14.3. The van der Waals surface area contributed by atoms with Gasteiger partial charge in [-0.15, -0.1) is 0 Å². The number of amides is 3. The lowest BCUT2D eigenvalue weighted by atomic mass is 10.1. The van der Waals surface area contributed by atoms with E-state index in [4.69, 9.17) is 0 Å². The predicted octanol–water partition coefficient (Wildman–Crippen LogP) is 2.61. The first-order chi connectivity index (χ1) is 12.0. The second-order valence-electron chi connectivity index (χ2n) is 6.33. The lowest BCUT2D eigenvalue weighted by Crippen LogP contribution is -2.34. The van der Waals surface area contributed by atoms with Gasteiger partial charge in [0.05, 0.1) is 11.1 Å². The Morgan fingerprint density at radius 1 is 0.960 bits per heavy atom. The molecule has 1 aliphatic heterocycles. The molecule has 0 unspecified atom stereocenters. The van der Waals surface area contributed by atoms with Crippen molar-refractivity contribution in [3.63, 3.8) is 0 Å². The standard InChI is InChI=1S/C20H20N2O3/c1-13-4-3-5-15(10-13)12-21-18(23)8-9-22-19(24)16-7-6-14(2)11-17(16)20(22)25/h3-7,10-11H,8-9,12H2,1-2H3,(H,21,23). The molecule has 0 saturated heterocycles. The Bertz CT molecular complexity index is 858. The Hall–Kier alpha value is -2.95. The molecule has 0 bridgehead atoms. The van der Waals surface area contributed by atoms with E-state index in [0.717, 1.165) is 21.6 Å². The molecule has 128 valence electrons. The van der Waals surface area contributed by atoms with Crippen LogP contribution in [0.2, 0.25) is 0 Å². The second kappa shape index (κ2) is 6.89. The van der Waals surface area contributed by atoms with Crippen LogP contribution in [0.15, 0.2) is 42.5 Å². The van der Waals surface area contributed by atoms with Gasteiger partial charge in [-0.1, -0.05) is 41.5 Å². The molecule has 0 atom stereocenters. The molecular weight excluding hydrogens is 316 g/mol. The van der Waals surface area contributed by atoms with E-state index in [1.54, 1.807) is 12.1 Å². The van der Waals surface area contributed by atoms with E-state index in [1.807, 2.05) is 44.2 Å². The molecule has 0 aromatic heterocycles. The van der Waals surface area contributed by atoms with Crippen molar-refractivity contribution in [3.05, 3.63) is 70.3 Å². The van der Waals surface area contributed by atoms with Gasteiger partial charge in [0.1, 0.15) is 0 Å². The summed E-state index contributed by atoms with van der Waals surface area (Å²) in [6.45, 7) is 4.39. The number of nitrogens with one attached hydrogen (secondary N) is 1. The number of hydrogen-bond acceptors (Lipinski definition) is 3. The Labute approximate surface area is 146 Å². The minimum atomic E-state index is -0.327. The van der Waals surface area contributed by atoms with Crippen LogP contribution in [-0.2, 0) is 11.3 Å². The van der Waals surface area contributed by atoms with Crippen LogP contribution in [0, 0.1) is 13.8 Å². The van der Waals surface area contributed by atoms with Gasteiger partial charge in [0.15, 0.2) is 0 Å². The maximum Gasteiger partial charge on any atom is 0.261 e. The number of aryl methyl sites for hydroxylation is 2. The molecule has 25 heavy (non-hydrogen) atoms. The molecule has 2 aromatic carbocycles. The average molecular weight is 336 g/mol. The van der Waals surface area contributed by atoms with Crippen LogP contribution in [0.1, 0.15) is 43.8 Å². The normalized spacial score (nSPS) is 13.1. The van der Waals surface area contributed by atoms with Crippen molar-refractivity contribution in [2.24, 2.45) is 0 Å². The van der Waals surface area contributed by atoms with Gasteiger partial charge in [-0.05, 0) is 31.5 Å². The summed E-state index contributed by atoms with van der Waals surface area (Å²) in [7, 11) is 0. The van der Waals surface area contributed by atoms with Gasteiger partial charge in [-0.3, -0.25) is 19.3 Å². The summed E-state index contributed by atoms with van der Waals surface area (Å²) in [5, 5.41) is 2.82. The highest BCUT2D eigenvalue weighted by Crippen LogP contribution is 2.23. The Morgan fingerprint density at radius 2 is 1.68 bits per heavy atom. The molecule has 2 aromatic rings. The molecule has 0 saturated carbocycles. The summed E-state index contributed by atoms with van der Waals surface area (Å²) in [4.78, 5) is 37.9. The maximum absolute atomic E-state index is 12.4. The summed E-state index contributed by atoms with van der Waals surface area (Å²) in [6, 6.07) is 13.1. The Kier molecular flexibility index (Phi) is 4.65. The summed E-state index contributed by atoms with van der Waals surface area (Å²) < 4.78 is 0. The first-order valence-corrected chi connectivity index (χ1v) is 8.25. The van der Waals surface area contributed by atoms with Crippen molar-refractivity contribution in [3.8, 4) is 0 Å². The number of carbonyl (C=O) groups is 3. The highest BCUT2D eigenvalue weighted by molar-refractivity contribution is 6.21. The third-order valence-corrected chi connectivity index (χ3v) is 4.26. The molecule has 0 spiro atoms. The Balaban J connectivity index is 1.56. The summed E-state index contributed by atoms with van der Waals surface area (Å²) in [5.74, 6) is -0.837. The summed E-state index contributed by atoms with van der Waals surface area (Å²) >= 11 is 0. The van der Waals surface area contributed by atoms with Gasteiger partial charge in [-0.2, -0.15) is 0 Å². The molecule has 5 heteroatoms. The monoisotopic (exact) mass is 336 g/mol. The Morgan fingerprint density at radius 3 is 2.44 bits per heavy atom. The molecular formula is C20H20N2O3. The number of nitrogens with zero attached hydrogens (tertiary/aromatic N) is 1. The van der Waals surface area contributed by atoms with Crippen LogP contribution in [0.25, 0.3) is 0 Å². The van der Waals surface area contributed by atoms with Crippen molar-refractivity contribution in [1.82, 2.24) is 10.2 Å². The van der Waals surface area contributed by atoms with E-state index in [2.05, 4.69) is 5.32 Å². The fourth-order valence-corrected chi connectivity index (χ4v) is 2.93. The number of carbonyl (C=O) groups excluding carboxylic acids is 3. The molecule has 5 nitrogen and oxygen atoms in total. The quantitative estimate of drug-likeness (QED) is 0.854. The largest absolute Gasteiger partial charge is 0.352 e. The van der Waals surface area contributed by atoms with Gasteiger partial charge in [0, 0.05) is 19.5 Å². The SMILES string of the molecule is Cc1cccc(CNC(=O)CCN2C(=O)c3ccc(C)cc3C2=O)c1. The van der Waals surface area contributed by atoms with Crippen LogP contribution >= 0.6 is 0 Å². The fourth-order valence-electron chi connectivity index (χ4n) is 2.93. The fraction of sp³-hybridized carbons (Fsp3) is 0.250. The molecule has 1 heterocycles. The number of hydrogen-bond donors (Lipinski definition) is 1. The van der Waals surface area contributed by atoms with E-state index in [-0.39, 0.29) is 30.7 Å². The minimum absolute atomic E-state index is 0.0883. The van der Waals surface area contributed by atoms with Crippen LogP contribution in [0.5, 0.6) is 0 Å². The number of rotatable bonds is 5. The van der Waals surface area contributed by atoms with Crippen molar-refractivity contribution >= 4 is 17.7 Å². The van der Waals surface area contributed by atoms with E-state index >= 15 is 0 Å². The molecule has 0 aliphatic carbocycles. The van der Waals surface area contributed by atoms with Crippen LogP contribution in [-0.4, -0.2) is 29.2 Å².